The number of anilines is 1. The molecule has 1 fully saturated rings. The maximum Gasteiger partial charge on any atom is 0.351 e. The Morgan fingerprint density at radius 3 is 2.72 bits per heavy atom. The summed E-state index contributed by atoms with van der Waals surface area (Å²) in [5.41, 5.74) is 1.78. The van der Waals surface area contributed by atoms with Gasteiger partial charge in [-0.05, 0) is 6.42 Å². The minimum Gasteiger partial charge on any atom is -0.463 e. The molecule has 10 heteroatoms. The van der Waals surface area contributed by atoms with Crippen molar-refractivity contribution in [1.82, 2.24) is 9.55 Å². The van der Waals surface area contributed by atoms with Crippen LogP contribution in [-0.2, 0) is 30.2 Å². The van der Waals surface area contributed by atoms with Crippen LogP contribution in [0, 0.1) is 0 Å². The molecule has 1 aliphatic heterocycles. The Morgan fingerprint density at radius 1 is 1.44 bits per heavy atom. The maximum atomic E-state index is 12.3. The molecule has 0 amide bonds. The Labute approximate surface area is 143 Å². The second kappa shape index (κ2) is 8.08. The van der Waals surface area contributed by atoms with Crippen molar-refractivity contribution in [3.63, 3.8) is 0 Å². The standard InChI is InChI=1S/C15H21N3O7/c1-4-10-6-18(15(21)16-13(10)17-22)14-12(24-9(3)20)5-11(25-14)7-23-8(2)19/h6,11-12,14,22H,4-5,7H2,1-3H3,(H,16,17,21)/t11-,12+,14+/m0/s1. The molecule has 0 saturated carbocycles. The van der Waals surface area contributed by atoms with Gasteiger partial charge in [-0.15, -0.1) is 0 Å². The van der Waals surface area contributed by atoms with Gasteiger partial charge >= 0.3 is 17.6 Å². The monoisotopic (exact) mass is 355 g/mol. The van der Waals surface area contributed by atoms with E-state index in [4.69, 9.17) is 19.4 Å². The number of carbonyl (C=O) groups is 2. The van der Waals surface area contributed by atoms with Gasteiger partial charge in [0.15, 0.2) is 12.0 Å². The Bertz CT molecular complexity index is 703. The fourth-order valence-corrected chi connectivity index (χ4v) is 2.64. The van der Waals surface area contributed by atoms with E-state index >= 15 is 0 Å². The lowest BCUT2D eigenvalue weighted by Crippen LogP contribution is -2.34. The fraction of sp³-hybridized carbons (Fsp3) is 0.600. The molecule has 1 aromatic rings. The van der Waals surface area contributed by atoms with Gasteiger partial charge in [-0.25, -0.2) is 4.79 Å². The molecule has 0 radical (unpaired) electrons. The van der Waals surface area contributed by atoms with Gasteiger partial charge in [0.2, 0.25) is 0 Å². The second-order valence-electron chi connectivity index (χ2n) is 5.60. The summed E-state index contributed by atoms with van der Waals surface area (Å²) in [4.78, 5) is 38.3. The van der Waals surface area contributed by atoms with Crippen molar-refractivity contribution in [3.8, 4) is 0 Å². The molecule has 0 aromatic carbocycles. The highest BCUT2D eigenvalue weighted by atomic mass is 16.6. The molecule has 3 atom stereocenters. The van der Waals surface area contributed by atoms with E-state index in [9.17, 15) is 14.4 Å². The maximum absolute atomic E-state index is 12.3. The first kappa shape index (κ1) is 18.9. The van der Waals surface area contributed by atoms with Crippen LogP contribution in [-0.4, -0.2) is 45.5 Å². The predicted octanol–water partition coefficient (Wildman–Crippen LogP) is 0.389. The van der Waals surface area contributed by atoms with E-state index in [1.807, 2.05) is 12.4 Å². The molecular formula is C15H21N3O7. The zero-order valence-corrected chi connectivity index (χ0v) is 14.2. The quantitative estimate of drug-likeness (QED) is 0.550. The second-order valence-corrected chi connectivity index (χ2v) is 5.60. The van der Waals surface area contributed by atoms with E-state index in [-0.39, 0.29) is 18.8 Å². The molecule has 0 spiro atoms. The van der Waals surface area contributed by atoms with Crippen molar-refractivity contribution >= 4 is 17.8 Å². The number of hydrogen-bond acceptors (Lipinski definition) is 9. The average molecular weight is 355 g/mol. The lowest BCUT2D eigenvalue weighted by molar-refractivity contribution is -0.153. The fourth-order valence-electron chi connectivity index (χ4n) is 2.64. The van der Waals surface area contributed by atoms with E-state index in [1.54, 1.807) is 0 Å². The summed E-state index contributed by atoms with van der Waals surface area (Å²) in [7, 11) is 0. The number of ether oxygens (including phenoxy) is 3. The molecule has 2 rings (SSSR count). The van der Waals surface area contributed by atoms with E-state index in [0.29, 0.717) is 12.0 Å². The molecule has 0 unspecified atom stereocenters. The molecule has 0 bridgehead atoms. The number of nitrogens with one attached hydrogen (secondary N) is 1. The molecule has 10 nitrogen and oxygen atoms in total. The molecule has 2 N–H and O–H groups in total. The average Bonchev–Trinajstić information content (AvgIpc) is 2.94. The van der Waals surface area contributed by atoms with Gasteiger partial charge in [-0.2, -0.15) is 4.98 Å². The van der Waals surface area contributed by atoms with Crippen LogP contribution < -0.4 is 11.2 Å². The van der Waals surface area contributed by atoms with Gasteiger partial charge in [-0.1, -0.05) is 6.92 Å². The van der Waals surface area contributed by atoms with Crippen LogP contribution in [0.4, 0.5) is 5.82 Å². The van der Waals surface area contributed by atoms with Crippen molar-refractivity contribution in [1.29, 1.82) is 0 Å². The molecule has 0 aliphatic carbocycles. The molecule has 1 aliphatic rings. The van der Waals surface area contributed by atoms with Crippen molar-refractivity contribution in [2.75, 3.05) is 12.1 Å². The van der Waals surface area contributed by atoms with Gasteiger partial charge in [0.05, 0.1) is 6.10 Å². The topological polar surface area (TPSA) is 129 Å². The Hall–Kier alpha value is -2.46. The zero-order chi connectivity index (χ0) is 18.6. The highest BCUT2D eigenvalue weighted by molar-refractivity contribution is 5.66. The molecule has 25 heavy (non-hydrogen) atoms. The van der Waals surface area contributed by atoms with Crippen LogP contribution in [0.15, 0.2) is 11.0 Å². The predicted molar refractivity (Wildman–Crippen MR) is 84.0 cm³/mol. The third kappa shape index (κ3) is 4.54. The van der Waals surface area contributed by atoms with E-state index in [0.717, 1.165) is 0 Å². The number of esters is 2. The summed E-state index contributed by atoms with van der Waals surface area (Å²) < 4.78 is 17.1. The number of aromatic nitrogens is 2. The number of aryl methyl sites for hydroxylation is 1. The summed E-state index contributed by atoms with van der Waals surface area (Å²) in [6.45, 7) is 4.35. The van der Waals surface area contributed by atoms with Crippen LogP contribution in [0.2, 0.25) is 0 Å². The Morgan fingerprint density at radius 2 is 2.16 bits per heavy atom. The highest BCUT2D eigenvalue weighted by Crippen LogP contribution is 2.31. The van der Waals surface area contributed by atoms with Crippen molar-refractivity contribution in [3.05, 3.63) is 22.2 Å². The van der Waals surface area contributed by atoms with Crippen molar-refractivity contribution < 1.29 is 29.0 Å². The summed E-state index contributed by atoms with van der Waals surface area (Å²) in [6.07, 6.45) is 0.107. The van der Waals surface area contributed by atoms with Crippen LogP contribution >= 0.6 is 0 Å². The number of hydrogen-bond donors (Lipinski definition) is 2. The van der Waals surface area contributed by atoms with Gasteiger partial charge < -0.3 is 14.2 Å². The number of carbonyl (C=O) groups excluding carboxylic acids is 2. The summed E-state index contributed by atoms with van der Waals surface area (Å²) in [6, 6.07) is 0. The van der Waals surface area contributed by atoms with E-state index in [2.05, 4.69) is 4.98 Å². The van der Waals surface area contributed by atoms with Crippen LogP contribution in [0.1, 0.15) is 39.0 Å². The Kier molecular flexibility index (Phi) is 6.10. The van der Waals surface area contributed by atoms with Gasteiger partial charge in [0.1, 0.15) is 12.7 Å². The van der Waals surface area contributed by atoms with Gasteiger partial charge in [-0.3, -0.25) is 24.8 Å². The van der Waals surface area contributed by atoms with E-state index < -0.39 is 36.1 Å². The lowest BCUT2D eigenvalue weighted by atomic mass is 10.2. The minimum absolute atomic E-state index is 0.0112. The largest absolute Gasteiger partial charge is 0.463 e. The summed E-state index contributed by atoms with van der Waals surface area (Å²) >= 11 is 0. The van der Waals surface area contributed by atoms with Crippen LogP contribution in [0.25, 0.3) is 0 Å². The minimum atomic E-state index is -0.900. The normalized spacial score (nSPS) is 22.5. The number of nitrogens with zero attached hydrogens (tertiary/aromatic N) is 2. The third-order valence-electron chi connectivity index (χ3n) is 3.72. The molecule has 2 heterocycles. The van der Waals surface area contributed by atoms with Crippen LogP contribution in [0.5, 0.6) is 0 Å². The van der Waals surface area contributed by atoms with Crippen LogP contribution in [0.3, 0.4) is 0 Å². The molecule has 1 aromatic heterocycles. The van der Waals surface area contributed by atoms with Gasteiger partial charge in [0, 0.05) is 32.0 Å². The lowest BCUT2D eigenvalue weighted by Gasteiger charge is -2.21. The van der Waals surface area contributed by atoms with E-state index in [1.165, 1.54) is 24.6 Å². The van der Waals surface area contributed by atoms with Crippen molar-refractivity contribution in [2.24, 2.45) is 0 Å². The molecule has 1 saturated heterocycles. The first-order valence-corrected chi connectivity index (χ1v) is 7.83. The molecule has 138 valence electrons. The highest BCUT2D eigenvalue weighted by Gasteiger charge is 2.40. The SMILES string of the molecule is CCc1cn([C@@H]2O[C@H](COC(C)=O)C[C@H]2OC(C)=O)c(=O)nc1NO. The number of rotatable bonds is 6. The molecular weight excluding hydrogens is 334 g/mol. The Balaban J connectivity index is 2.31. The third-order valence-corrected chi connectivity index (χ3v) is 3.72. The smallest absolute Gasteiger partial charge is 0.351 e. The zero-order valence-electron chi connectivity index (χ0n) is 14.2. The first-order valence-electron chi connectivity index (χ1n) is 7.83. The van der Waals surface area contributed by atoms with Crippen molar-refractivity contribution in [2.45, 2.75) is 52.0 Å². The summed E-state index contributed by atoms with van der Waals surface area (Å²) in [5.74, 6) is -0.916. The summed E-state index contributed by atoms with van der Waals surface area (Å²) in [5, 5.41) is 9.06. The van der Waals surface area contributed by atoms with Gasteiger partial charge in [0.25, 0.3) is 0 Å². The first-order chi connectivity index (χ1) is 11.8.